The molecule has 1 unspecified atom stereocenters. The van der Waals surface area contributed by atoms with Crippen LogP contribution in [0.3, 0.4) is 0 Å². The summed E-state index contributed by atoms with van der Waals surface area (Å²) in [6.07, 6.45) is 2.28. The number of hydrogen-bond acceptors (Lipinski definition) is 6. The minimum atomic E-state index is -0.637. The number of aromatic nitrogens is 1. The second kappa shape index (κ2) is 9.13. The Kier molecular flexibility index (Phi) is 6.59. The van der Waals surface area contributed by atoms with Crippen LogP contribution in [-0.2, 0) is 16.0 Å². The minimum absolute atomic E-state index is 0.182. The van der Waals surface area contributed by atoms with Gasteiger partial charge in [-0.05, 0) is 44.9 Å². The smallest absolute Gasteiger partial charge is 0.342 e. The van der Waals surface area contributed by atoms with Gasteiger partial charge in [-0.15, -0.1) is 0 Å². The monoisotopic (exact) mass is 401 g/mol. The maximum absolute atomic E-state index is 12.7. The maximum Gasteiger partial charge on any atom is 0.342 e. The number of Topliss-reactive ketones (excluding diaryl/α,β-unsaturated/α-hetero) is 1. The molecule has 156 valence electrons. The third-order valence-electron chi connectivity index (χ3n) is 5.24. The second-order valence-electron chi connectivity index (χ2n) is 7.07. The number of rotatable bonds is 8. The number of carbonyl (C=O) groups excluding carboxylic acids is 2. The number of esters is 1. The molecule has 1 aromatic heterocycles. The Balaban J connectivity index is 1.69. The molecular weight excluding hydrogens is 374 g/mol. The number of ether oxygens (including phenoxy) is 4. The highest BCUT2D eigenvalue weighted by atomic mass is 16.5. The van der Waals surface area contributed by atoms with Crippen molar-refractivity contribution in [2.45, 2.75) is 39.3 Å². The summed E-state index contributed by atoms with van der Waals surface area (Å²) in [5, 5.41) is 0. The van der Waals surface area contributed by atoms with E-state index < -0.39 is 5.97 Å². The predicted molar refractivity (Wildman–Crippen MR) is 107 cm³/mol. The van der Waals surface area contributed by atoms with E-state index in [0.29, 0.717) is 11.3 Å². The van der Waals surface area contributed by atoms with Gasteiger partial charge in [0.1, 0.15) is 5.56 Å². The van der Waals surface area contributed by atoms with Crippen molar-refractivity contribution in [2.75, 3.05) is 27.4 Å². The lowest BCUT2D eigenvalue weighted by atomic mass is 10.1. The summed E-state index contributed by atoms with van der Waals surface area (Å²) < 4.78 is 23.5. The summed E-state index contributed by atoms with van der Waals surface area (Å²) in [5.74, 6) is -0.178. The Morgan fingerprint density at radius 2 is 1.97 bits per heavy atom. The Morgan fingerprint density at radius 1 is 1.17 bits per heavy atom. The Hall–Kier alpha value is -2.80. The van der Waals surface area contributed by atoms with Gasteiger partial charge in [-0.3, -0.25) is 4.79 Å². The molecule has 0 radical (unpaired) electrons. The van der Waals surface area contributed by atoms with Crippen molar-refractivity contribution in [1.82, 2.24) is 4.57 Å². The van der Waals surface area contributed by atoms with E-state index >= 15 is 0 Å². The molecule has 1 aromatic carbocycles. The minimum Gasteiger partial charge on any atom is -0.493 e. The number of nitrogens with zero attached hydrogens (tertiary/aromatic N) is 1. The number of methoxy groups -OCH3 is 2. The third kappa shape index (κ3) is 4.45. The predicted octanol–water partition coefficient (Wildman–Crippen LogP) is 3.34. The first-order chi connectivity index (χ1) is 14.0. The second-order valence-corrected chi connectivity index (χ2v) is 7.07. The van der Waals surface area contributed by atoms with E-state index in [1.807, 2.05) is 19.9 Å². The molecule has 0 saturated carbocycles. The summed E-state index contributed by atoms with van der Waals surface area (Å²) in [6.45, 7) is 5.04. The van der Waals surface area contributed by atoms with Crippen LogP contribution in [0.5, 0.6) is 11.5 Å². The van der Waals surface area contributed by atoms with Crippen LogP contribution in [0.25, 0.3) is 0 Å². The van der Waals surface area contributed by atoms with Crippen molar-refractivity contribution in [3.05, 3.63) is 46.8 Å². The van der Waals surface area contributed by atoms with Crippen LogP contribution < -0.4 is 9.47 Å². The molecule has 7 nitrogen and oxygen atoms in total. The molecular formula is C22H27NO6. The van der Waals surface area contributed by atoms with E-state index in [1.165, 1.54) is 14.2 Å². The van der Waals surface area contributed by atoms with Gasteiger partial charge in [0.2, 0.25) is 5.78 Å². The molecule has 0 amide bonds. The number of aryl methyl sites for hydroxylation is 1. The molecule has 7 heteroatoms. The van der Waals surface area contributed by atoms with Gasteiger partial charge in [0, 0.05) is 30.1 Å². The number of carbonyl (C=O) groups is 2. The summed E-state index contributed by atoms with van der Waals surface area (Å²) in [6, 6.07) is 6.76. The van der Waals surface area contributed by atoms with Crippen LogP contribution in [0, 0.1) is 13.8 Å². The SMILES string of the molecule is COc1cccc(C(=O)OCC(=O)c2cc(C)n(CC3CCCO3)c2C)c1OC. The van der Waals surface area contributed by atoms with Crippen molar-refractivity contribution in [3.63, 3.8) is 0 Å². The van der Waals surface area contributed by atoms with E-state index in [1.54, 1.807) is 18.2 Å². The van der Waals surface area contributed by atoms with E-state index in [4.69, 9.17) is 18.9 Å². The molecule has 1 aliphatic heterocycles. The Morgan fingerprint density at radius 3 is 2.62 bits per heavy atom. The lowest BCUT2D eigenvalue weighted by Gasteiger charge is -2.15. The maximum atomic E-state index is 12.7. The number of hydrogen-bond donors (Lipinski definition) is 0. The molecule has 2 heterocycles. The normalized spacial score (nSPS) is 15.9. The van der Waals surface area contributed by atoms with Crippen LogP contribution in [0.1, 0.15) is 44.9 Å². The van der Waals surface area contributed by atoms with Gasteiger partial charge in [-0.25, -0.2) is 4.79 Å². The van der Waals surface area contributed by atoms with Crippen molar-refractivity contribution in [2.24, 2.45) is 0 Å². The molecule has 0 spiro atoms. The summed E-state index contributed by atoms with van der Waals surface area (Å²) in [4.78, 5) is 25.2. The fourth-order valence-corrected chi connectivity index (χ4v) is 3.69. The quantitative estimate of drug-likeness (QED) is 0.499. The zero-order chi connectivity index (χ0) is 21.0. The first-order valence-corrected chi connectivity index (χ1v) is 9.66. The lowest BCUT2D eigenvalue weighted by molar-refractivity contribution is 0.0470. The standard InChI is InChI=1S/C22H27NO6/c1-14-11-18(15(2)23(14)12-16-7-6-10-28-16)19(24)13-29-22(25)17-8-5-9-20(26-3)21(17)27-4/h5,8-9,11,16H,6-7,10,12-13H2,1-4H3. The van der Waals surface area contributed by atoms with Crippen LogP contribution in [-0.4, -0.2) is 49.9 Å². The summed E-state index contributed by atoms with van der Waals surface area (Å²) in [5.41, 5.74) is 2.62. The average molecular weight is 401 g/mol. The van der Waals surface area contributed by atoms with Gasteiger partial charge < -0.3 is 23.5 Å². The third-order valence-corrected chi connectivity index (χ3v) is 5.24. The van der Waals surface area contributed by atoms with E-state index in [-0.39, 0.29) is 29.8 Å². The average Bonchev–Trinajstić information content (AvgIpc) is 3.34. The summed E-state index contributed by atoms with van der Waals surface area (Å²) >= 11 is 0. The van der Waals surface area contributed by atoms with Crippen molar-refractivity contribution >= 4 is 11.8 Å². The number of ketones is 1. The van der Waals surface area contributed by atoms with Crippen LogP contribution >= 0.6 is 0 Å². The van der Waals surface area contributed by atoms with E-state index in [2.05, 4.69) is 4.57 Å². The van der Waals surface area contributed by atoms with E-state index in [0.717, 1.165) is 37.4 Å². The Bertz CT molecular complexity index is 895. The molecule has 1 aliphatic rings. The number of para-hydroxylation sites is 1. The van der Waals surface area contributed by atoms with Crippen molar-refractivity contribution in [1.29, 1.82) is 0 Å². The molecule has 0 aliphatic carbocycles. The van der Waals surface area contributed by atoms with Crippen molar-refractivity contribution in [3.8, 4) is 11.5 Å². The molecule has 29 heavy (non-hydrogen) atoms. The highest BCUT2D eigenvalue weighted by molar-refractivity contribution is 6.01. The molecule has 1 saturated heterocycles. The van der Waals surface area contributed by atoms with Gasteiger partial charge in [-0.1, -0.05) is 6.07 Å². The van der Waals surface area contributed by atoms with Gasteiger partial charge in [0.25, 0.3) is 0 Å². The molecule has 0 bridgehead atoms. The molecule has 3 rings (SSSR count). The molecule has 1 fully saturated rings. The van der Waals surface area contributed by atoms with Gasteiger partial charge in [-0.2, -0.15) is 0 Å². The van der Waals surface area contributed by atoms with Gasteiger partial charge >= 0.3 is 5.97 Å². The topological polar surface area (TPSA) is 76.0 Å². The number of benzene rings is 1. The lowest BCUT2D eigenvalue weighted by Crippen LogP contribution is -2.18. The molecule has 2 aromatic rings. The molecule has 1 atom stereocenters. The largest absolute Gasteiger partial charge is 0.493 e. The summed E-state index contributed by atoms with van der Waals surface area (Å²) in [7, 11) is 2.94. The van der Waals surface area contributed by atoms with Crippen LogP contribution in [0.2, 0.25) is 0 Å². The first kappa shape index (κ1) is 20.9. The Labute approximate surface area is 170 Å². The fourth-order valence-electron chi connectivity index (χ4n) is 3.69. The zero-order valence-corrected chi connectivity index (χ0v) is 17.3. The first-order valence-electron chi connectivity index (χ1n) is 9.66. The molecule has 0 N–H and O–H groups in total. The highest BCUT2D eigenvalue weighted by Gasteiger charge is 2.23. The van der Waals surface area contributed by atoms with Crippen molar-refractivity contribution < 1.29 is 28.5 Å². The fraction of sp³-hybridized carbons (Fsp3) is 0.455. The highest BCUT2D eigenvalue weighted by Crippen LogP contribution is 2.31. The van der Waals surface area contributed by atoms with Crippen LogP contribution in [0.15, 0.2) is 24.3 Å². The zero-order valence-electron chi connectivity index (χ0n) is 17.3. The van der Waals surface area contributed by atoms with Gasteiger partial charge in [0.05, 0.1) is 20.3 Å². The van der Waals surface area contributed by atoms with Gasteiger partial charge in [0.15, 0.2) is 18.1 Å². The van der Waals surface area contributed by atoms with Crippen LogP contribution in [0.4, 0.5) is 0 Å². The van der Waals surface area contributed by atoms with E-state index in [9.17, 15) is 9.59 Å².